The Balaban J connectivity index is 0.000000145. The van der Waals surface area contributed by atoms with Crippen LogP contribution in [0.1, 0.15) is 110 Å². The van der Waals surface area contributed by atoms with Gasteiger partial charge in [0, 0.05) is 200 Å². The Hall–Kier alpha value is -12.4. The summed E-state index contributed by atoms with van der Waals surface area (Å²) in [6.45, 7) is 23.8. The fraction of sp³-hybridized carbons (Fsp3) is 0.277. The quantitative estimate of drug-likeness (QED) is 0.0965. The molecule has 3 N–H and O–H groups in total. The minimum Gasteiger partial charge on any atom is -0.322 e. The second kappa shape index (κ2) is 34.7. The van der Waals surface area contributed by atoms with Gasteiger partial charge in [0.25, 0.3) is 17.7 Å². The number of carbonyl (C=O) groups excluding carboxylic acids is 3. The molecule has 0 unspecified atom stereocenters. The molecule has 0 aliphatic carbocycles. The summed E-state index contributed by atoms with van der Waals surface area (Å²) in [4.78, 5) is 90.2. The molecule has 0 atom stereocenters. The minimum absolute atomic E-state index is 0.106. The van der Waals surface area contributed by atoms with E-state index in [1.54, 1.807) is 61.6 Å². The van der Waals surface area contributed by atoms with E-state index in [0.29, 0.717) is 56.3 Å². The molecule has 0 radical (unpaired) electrons. The van der Waals surface area contributed by atoms with Gasteiger partial charge in [0.1, 0.15) is 22.8 Å². The van der Waals surface area contributed by atoms with E-state index >= 15 is 0 Å². The topological polar surface area (TPSA) is 236 Å². The van der Waals surface area contributed by atoms with E-state index in [4.69, 9.17) is 0 Å². The molecule has 558 valence electrons. The van der Waals surface area contributed by atoms with Crippen LogP contribution in [-0.2, 0) is 25.8 Å². The number of piperazine rings is 3. The second-order valence-electron chi connectivity index (χ2n) is 27.6. The first-order valence-electron chi connectivity index (χ1n) is 36.0. The number of halogens is 3. The lowest BCUT2D eigenvalue weighted by molar-refractivity contribution is -0.141. The molecule has 3 aliphatic rings. The summed E-state index contributed by atoms with van der Waals surface area (Å²) >= 11 is 0. The van der Waals surface area contributed by atoms with Gasteiger partial charge in [-0.2, -0.15) is 13.2 Å². The van der Waals surface area contributed by atoms with E-state index in [0.717, 1.165) is 138 Å². The monoisotopic (exact) mass is 1480 g/mol. The van der Waals surface area contributed by atoms with E-state index in [9.17, 15) is 27.6 Å². The molecule has 0 bridgehead atoms. The van der Waals surface area contributed by atoms with E-state index in [2.05, 4.69) is 173 Å². The maximum atomic E-state index is 12.9. The minimum atomic E-state index is -4.56. The van der Waals surface area contributed by atoms with E-state index in [-0.39, 0.29) is 23.5 Å². The number of aryl methyl sites for hydroxylation is 4. The maximum absolute atomic E-state index is 12.9. The van der Waals surface area contributed by atoms with Gasteiger partial charge in [0.05, 0.1) is 35.3 Å². The van der Waals surface area contributed by atoms with Crippen molar-refractivity contribution in [2.75, 3.05) is 116 Å². The number of anilines is 3. The van der Waals surface area contributed by atoms with E-state index in [1.165, 1.54) is 57.0 Å². The van der Waals surface area contributed by atoms with Crippen LogP contribution in [0.25, 0.3) is 17.3 Å². The predicted molar refractivity (Wildman–Crippen MR) is 415 cm³/mol. The third-order valence-corrected chi connectivity index (χ3v) is 19.3. The summed E-state index contributed by atoms with van der Waals surface area (Å²) in [6, 6.07) is 27.8. The predicted octanol–water partition coefficient (Wildman–Crippen LogP) is 9.82. The molecular formula is C83H82F3N21O3. The van der Waals surface area contributed by atoms with E-state index < -0.39 is 11.9 Å². The number of rotatable bonds is 12. The Labute approximate surface area is 635 Å². The Morgan fingerprint density at radius 2 is 0.755 bits per heavy atom. The zero-order valence-corrected chi connectivity index (χ0v) is 62.2. The lowest BCUT2D eigenvalue weighted by atomic mass is 10.1. The number of nitrogens with zero attached hydrogens (tertiary/aromatic N) is 18. The van der Waals surface area contributed by atoms with Gasteiger partial charge in [-0.05, 0) is 173 Å². The maximum Gasteiger partial charge on any atom is 0.433 e. The van der Waals surface area contributed by atoms with Gasteiger partial charge in [0.2, 0.25) is 17.3 Å². The lowest BCUT2D eigenvalue weighted by Gasteiger charge is -2.32. The molecule has 3 aliphatic heterocycles. The van der Waals surface area contributed by atoms with Crippen LogP contribution in [-0.4, -0.2) is 205 Å². The van der Waals surface area contributed by atoms with Gasteiger partial charge in [-0.25, -0.2) is 29.9 Å². The summed E-state index contributed by atoms with van der Waals surface area (Å²) in [5.41, 5.74) is 14.1. The summed E-state index contributed by atoms with van der Waals surface area (Å²) in [6.07, 6.45) is 16.2. The summed E-state index contributed by atoms with van der Waals surface area (Å²) in [5.74, 6) is 18.4. The molecule has 0 saturated carbocycles. The highest BCUT2D eigenvalue weighted by Crippen LogP contribution is 2.28. The van der Waals surface area contributed by atoms with Gasteiger partial charge < -0.3 is 30.7 Å². The summed E-state index contributed by atoms with van der Waals surface area (Å²) in [5, 5.41) is 8.89. The van der Waals surface area contributed by atoms with Gasteiger partial charge >= 0.3 is 6.18 Å². The van der Waals surface area contributed by atoms with Crippen LogP contribution in [0.4, 0.5) is 30.2 Å². The van der Waals surface area contributed by atoms with Gasteiger partial charge in [0.15, 0.2) is 0 Å². The molecule has 9 aromatic heterocycles. The molecule has 110 heavy (non-hydrogen) atoms. The van der Waals surface area contributed by atoms with Crippen molar-refractivity contribution in [1.82, 2.24) is 87.5 Å². The van der Waals surface area contributed by atoms with Gasteiger partial charge in [-0.15, -0.1) is 0 Å². The first kappa shape index (κ1) is 75.8. The molecule has 15 rings (SSSR count). The third-order valence-electron chi connectivity index (χ3n) is 19.3. The van der Waals surface area contributed by atoms with Gasteiger partial charge in [-0.1, -0.05) is 36.0 Å². The molecule has 3 fully saturated rings. The Morgan fingerprint density at radius 3 is 1.13 bits per heavy atom. The SMILES string of the molecule is Cc1cc(NC(=O)c2cncc(C#Cc3cnc4nc(C(F)(F)F)ccn34)c2)ccc1CN1CCN(C)CC1.Cc1cc(NC(=O)c2cncc(C#Cc3cnc4ncccn34)c2)ccc1CN1CCN(C)CC1.Cc1ccn2c(C#Cc3cncc(C(=O)Nc4ccc(CN5CCN(C)CC5)c(C)c4)c3)cnc2n1. The van der Waals surface area contributed by atoms with Crippen LogP contribution in [0.15, 0.2) is 172 Å². The van der Waals surface area contributed by atoms with Crippen LogP contribution < -0.4 is 16.0 Å². The molecule has 3 aromatic carbocycles. The number of imidazole rings is 3. The Bertz CT molecular complexity index is 5560. The number of pyridine rings is 3. The van der Waals surface area contributed by atoms with Crippen LogP contribution in [0.5, 0.6) is 0 Å². The van der Waals surface area contributed by atoms with Crippen molar-refractivity contribution < 1.29 is 27.6 Å². The van der Waals surface area contributed by atoms with Crippen molar-refractivity contribution in [3.63, 3.8) is 0 Å². The highest BCUT2D eigenvalue weighted by atomic mass is 19.4. The molecule has 3 saturated heterocycles. The normalized spacial score (nSPS) is 14.5. The summed E-state index contributed by atoms with van der Waals surface area (Å²) < 4.78 is 43.7. The van der Waals surface area contributed by atoms with Crippen molar-refractivity contribution in [1.29, 1.82) is 0 Å². The summed E-state index contributed by atoms with van der Waals surface area (Å²) in [7, 11) is 6.46. The number of hydrogen-bond donors (Lipinski definition) is 3. The fourth-order valence-corrected chi connectivity index (χ4v) is 12.6. The smallest absolute Gasteiger partial charge is 0.322 e. The van der Waals surface area contributed by atoms with Crippen molar-refractivity contribution in [2.45, 2.75) is 53.5 Å². The van der Waals surface area contributed by atoms with Crippen LogP contribution in [0.2, 0.25) is 0 Å². The Kier molecular flexibility index (Phi) is 23.9. The number of aromatic nitrogens is 12. The number of benzene rings is 3. The van der Waals surface area contributed by atoms with Crippen LogP contribution >= 0.6 is 0 Å². The van der Waals surface area contributed by atoms with Crippen molar-refractivity contribution in [2.24, 2.45) is 0 Å². The number of nitrogens with one attached hydrogen (secondary N) is 3. The first-order valence-corrected chi connectivity index (χ1v) is 36.0. The molecule has 27 heteroatoms. The number of hydrogen-bond acceptors (Lipinski definition) is 18. The number of amides is 3. The molecule has 0 spiro atoms. The first-order chi connectivity index (χ1) is 53.1. The third kappa shape index (κ3) is 19.9. The Morgan fingerprint density at radius 1 is 0.400 bits per heavy atom. The largest absolute Gasteiger partial charge is 0.433 e. The van der Waals surface area contributed by atoms with Crippen LogP contribution in [0.3, 0.4) is 0 Å². The molecular weight excluding hydrogens is 1400 g/mol. The number of carbonyl (C=O) groups is 3. The molecule has 12 aromatic rings. The molecule has 12 heterocycles. The zero-order chi connectivity index (χ0) is 76.8. The van der Waals surface area contributed by atoms with Crippen molar-refractivity contribution >= 4 is 52.1 Å². The highest BCUT2D eigenvalue weighted by molar-refractivity contribution is 6.05. The van der Waals surface area contributed by atoms with Crippen LogP contribution in [0, 0.1) is 63.2 Å². The average Bonchev–Trinajstić information content (AvgIpc) is 1.66. The van der Waals surface area contributed by atoms with Crippen molar-refractivity contribution in [3.8, 4) is 35.5 Å². The standard InChI is InChI=1S/C28H26F3N7O.C28H29N7O.C27H27N7O/c1-19-13-23(5-4-21(19)18-37-11-9-36(2)10-12-37)34-26(39)22-14-20(15-32-16-22)3-6-24-17-33-27-35-25(28(29,30)31)7-8-38(24)27;1-20-14-25(6-5-23(20)19-34-12-10-33(3)11-13-34)32-27(36)24-15-22(16-29-17-24)4-7-26-18-30-28-31-21(2)8-9-35(26)28;1-20-14-24(6-5-22(20)19-33-12-10-32(2)11-13-33)31-26(35)23-15-21(16-28-17-23)4-7-25-18-30-27-29-8-3-9-34(25)27/h4-5,7-8,13-17H,9-12,18H2,1-2H3,(H,34,39);5-6,8-9,14-18H,10-13,19H2,1-3H3,(H,32,36);3,5-6,8-9,14-18H,10-13,19H2,1-2H3,(H,31,35). The zero-order valence-electron chi connectivity index (χ0n) is 62.2. The number of likely N-dealkylation sites (N-methyl/N-ethyl adjacent to an activating group) is 3. The molecule has 24 nitrogen and oxygen atoms in total. The highest BCUT2D eigenvalue weighted by Gasteiger charge is 2.33. The lowest BCUT2D eigenvalue weighted by Crippen LogP contribution is -2.43. The van der Waals surface area contributed by atoms with E-state index in [1.807, 2.05) is 89.6 Å². The second-order valence-corrected chi connectivity index (χ2v) is 27.6. The average molecular weight is 1480 g/mol. The number of alkyl halides is 3. The number of fused-ring (bicyclic) bond motifs is 3. The van der Waals surface area contributed by atoms with Crippen molar-refractivity contribution in [3.05, 3.63) is 267 Å². The molecule has 3 amide bonds. The fourth-order valence-electron chi connectivity index (χ4n) is 12.6. The van der Waals surface area contributed by atoms with Gasteiger partial charge in [-0.3, -0.25) is 57.2 Å².